The van der Waals surface area contributed by atoms with Gasteiger partial charge in [-0.25, -0.2) is 9.78 Å². The van der Waals surface area contributed by atoms with Crippen LogP contribution < -0.4 is 19.9 Å². The molecule has 6 N–H and O–H groups in total. The molecule has 0 saturated carbocycles. The van der Waals surface area contributed by atoms with Crippen LogP contribution in [0.4, 0.5) is 8.78 Å². The number of phenolic OH excluding ortho intramolecular Hbond substituents is 2. The minimum Gasteiger partial charge on any atom is -0.504 e. The number of carboxylic acid groups (broad SMARTS) is 1. The summed E-state index contributed by atoms with van der Waals surface area (Å²) in [6.07, 6.45) is 3.32. The zero-order valence-electron chi connectivity index (χ0n) is 22.1. The van der Waals surface area contributed by atoms with Crippen molar-refractivity contribution in [2.45, 2.75) is 0 Å². The first-order valence-electron chi connectivity index (χ1n) is 12.3. The van der Waals surface area contributed by atoms with Gasteiger partial charge in [0.2, 0.25) is 17.4 Å². The number of nitrogens with one attached hydrogen (secondary N) is 1. The quantitative estimate of drug-likeness (QED) is 0.108. The molecule has 12 nitrogen and oxygen atoms in total. The molecule has 218 valence electrons. The van der Waals surface area contributed by atoms with Gasteiger partial charge in [0.25, 0.3) is 11.8 Å². The largest absolute Gasteiger partial charge is 0.504 e. The molecule has 0 radical (unpaired) electrons. The molecule has 14 heteroatoms. The minimum absolute atomic E-state index is 0.0745. The molecule has 0 aliphatic carbocycles. The number of pyridine rings is 1. The van der Waals surface area contributed by atoms with Gasteiger partial charge in [-0.3, -0.25) is 5.41 Å². The van der Waals surface area contributed by atoms with Crippen LogP contribution in [-0.4, -0.2) is 41.7 Å². The van der Waals surface area contributed by atoms with E-state index >= 15 is 8.78 Å². The number of ether oxygens (including phenoxy) is 3. The fourth-order valence-electron chi connectivity index (χ4n) is 3.87. The lowest BCUT2D eigenvalue weighted by molar-refractivity contribution is 0.0696. The lowest BCUT2D eigenvalue weighted by atomic mass is 10.2. The molecule has 0 atom stereocenters. The van der Waals surface area contributed by atoms with Crippen molar-refractivity contribution in [2.24, 2.45) is 12.8 Å². The van der Waals surface area contributed by atoms with Crippen LogP contribution in [0.25, 0.3) is 11.4 Å². The Bertz CT molecular complexity index is 1890. The predicted octanol–water partition coefficient (Wildman–Crippen LogP) is 5.53. The van der Waals surface area contributed by atoms with E-state index in [2.05, 4.69) is 9.97 Å². The molecule has 0 saturated heterocycles. The van der Waals surface area contributed by atoms with Gasteiger partial charge in [0.05, 0.1) is 5.56 Å². The molecule has 2 aromatic heterocycles. The third kappa shape index (κ3) is 5.83. The van der Waals surface area contributed by atoms with E-state index in [0.717, 1.165) is 30.3 Å². The number of aromatic carboxylic acids is 1. The van der Waals surface area contributed by atoms with Crippen molar-refractivity contribution in [3.05, 3.63) is 95.8 Å². The summed E-state index contributed by atoms with van der Waals surface area (Å²) < 4.78 is 49.7. The van der Waals surface area contributed by atoms with Gasteiger partial charge >= 0.3 is 5.97 Å². The Balaban J connectivity index is 1.60. The lowest BCUT2D eigenvalue weighted by Crippen LogP contribution is -2.11. The Morgan fingerprint density at radius 3 is 2.28 bits per heavy atom. The number of rotatable bonds is 9. The van der Waals surface area contributed by atoms with E-state index in [-0.39, 0.29) is 28.5 Å². The average Bonchev–Trinajstić information content (AvgIpc) is 3.41. The molecule has 5 aromatic rings. The third-order valence-corrected chi connectivity index (χ3v) is 6.00. The molecular weight excluding hydrogens is 568 g/mol. The second-order valence-electron chi connectivity index (χ2n) is 8.96. The van der Waals surface area contributed by atoms with Crippen molar-refractivity contribution in [1.29, 1.82) is 5.41 Å². The topological polar surface area (TPSA) is 186 Å². The molecule has 0 bridgehead atoms. The highest BCUT2D eigenvalue weighted by molar-refractivity contribution is 5.95. The third-order valence-electron chi connectivity index (χ3n) is 6.00. The van der Waals surface area contributed by atoms with Crippen molar-refractivity contribution in [1.82, 2.24) is 14.5 Å². The van der Waals surface area contributed by atoms with Crippen LogP contribution in [0.5, 0.6) is 46.3 Å². The number of carbonyl (C=O) groups is 1. The van der Waals surface area contributed by atoms with Gasteiger partial charge in [-0.2, -0.15) is 13.8 Å². The van der Waals surface area contributed by atoms with E-state index in [1.807, 2.05) is 0 Å². The number of hydrogen-bond donors (Lipinski definition) is 5. The monoisotopic (exact) mass is 589 g/mol. The minimum atomic E-state index is -1.50. The zero-order chi connectivity index (χ0) is 30.8. The van der Waals surface area contributed by atoms with Crippen molar-refractivity contribution in [2.75, 3.05) is 0 Å². The second-order valence-corrected chi connectivity index (χ2v) is 8.96. The molecule has 0 fully saturated rings. The van der Waals surface area contributed by atoms with Crippen LogP contribution in [0, 0.1) is 17.0 Å². The number of benzene rings is 3. The van der Waals surface area contributed by atoms with Crippen molar-refractivity contribution in [3.63, 3.8) is 0 Å². The van der Waals surface area contributed by atoms with Crippen LogP contribution in [0.3, 0.4) is 0 Å². The molecule has 3 aromatic carbocycles. The highest BCUT2D eigenvalue weighted by atomic mass is 19.1. The average molecular weight is 590 g/mol. The Hall–Kier alpha value is -6.18. The van der Waals surface area contributed by atoms with Crippen LogP contribution in [0.1, 0.15) is 15.9 Å². The molecule has 0 spiro atoms. The van der Waals surface area contributed by atoms with Gasteiger partial charge in [0.1, 0.15) is 17.4 Å². The summed E-state index contributed by atoms with van der Waals surface area (Å²) in [5, 5.41) is 37.3. The Labute approximate surface area is 241 Å². The molecule has 2 heterocycles. The van der Waals surface area contributed by atoms with Crippen LogP contribution in [-0.2, 0) is 7.05 Å². The summed E-state index contributed by atoms with van der Waals surface area (Å²) in [5.74, 6) is -8.95. The number of nitrogens with two attached hydrogens (primary N) is 1. The summed E-state index contributed by atoms with van der Waals surface area (Å²) in [6.45, 7) is 0. The summed E-state index contributed by atoms with van der Waals surface area (Å²) in [4.78, 5) is 19.3. The maximum atomic E-state index is 15.8. The molecule has 5 rings (SSSR count). The fourth-order valence-corrected chi connectivity index (χ4v) is 3.87. The van der Waals surface area contributed by atoms with E-state index in [4.69, 9.17) is 30.5 Å². The van der Waals surface area contributed by atoms with Gasteiger partial charge in [0, 0.05) is 30.6 Å². The maximum absolute atomic E-state index is 15.8. The Morgan fingerprint density at radius 1 is 0.907 bits per heavy atom. The molecule has 0 aliphatic heterocycles. The number of nitrogen functional groups attached to an aromatic ring is 1. The standard InChI is InChI=1S/C29H21F2N5O7/c1-36-10-9-34-26(36)15-3-2-4-17(11-15)41-27-22(30)24(42-20-8-6-16(29(39)40)12-19(20)38)23(31)28(35-27)43-21-13-14(25(32)33)5-7-18(21)37/h2-13,37-38H,1H3,(H3,32,33)(H,39,40). The summed E-state index contributed by atoms with van der Waals surface area (Å²) in [6, 6.07) is 12.9. The molecular formula is C29H21F2N5O7. The first-order valence-corrected chi connectivity index (χ1v) is 12.3. The van der Waals surface area contributed by atoms with Crippen LogP contribution in [0.15, 0.2) is 73.1 Å². The van der Waals surface area contributed by atoms with Gasteiger partial charge in [-0.05, 0) is 48.5 Å². The summed E-state index contributed by atoms with van der Waals surface area (Å²) in [5.41, 5.74) is 5.92. The smallest absolute Gasteiger partial charge is 0.335 e. The number of halogens is 2. The van der Waals surface area contributed by atoms with E-state index in [0.29, 0.717) is 11.4 Å². The first-order chi connectivity index (χ1) is 20.5. The normalized spacial score (nSPS) is 10.8. The number of phenols is 2. The van der Waals surface area contributed by atoms with Gasteiger partial charge in [0.15, 0.2) is 23.0 Å². The molecule has 43 heavy (non-hydrogen) atoms. The highest BCUT2D eigenvalue weighted by Crippen LogP contribution is 2.42. The number of imidazole rings is 1. The van der Waals surface area contributed by atoms with Crippen molar-refractivity contribution >= 4 is 11.8 Å². The van der Waals surface area contributed by atoms with Gasteiger partial charge in [-0.1, -0.05) is 12.1 Å². The fraction of sp³-hybridized carbons (Fsp3) is 0.0345. The zero-order valence-corrected chi connectivity index (χ0v) is 22.1. The van der Waals surface area contributed by atoms with Gasteiger partial charge in [-0.15, -0.1) is 0 Å². The summed E-state index contributed by atoms with van der Waals surface area (Å²) in [7, 11) is 1.78. The number of aryl methyl sites for hydroxylation is 1. The molecule has 0 amide bonds. The number of hydrogen-bond acceptors (Lipinski definition) is 9. The summed E-state index contributed by atoms with van der Waals surface area (Å²) >= 11 is 0. The predicted molar refractivity (Wildman–Crippen MR) is 147 cm³/mol. The van der Waals surface area contributed by atoms with Crippen LogP contribution >= 0.6 is 0 Å². The van der Waals surface area contributed by atoms with Crippen LogP contribution in [0.2, 0.25) is 0 Å². The van der Waals surface area contributed by atoms with E-state index in [9.17, 15) is 15.0 Å². The number of carboxylic acids is 1. The highest BCUT2D eigenvalue weighted by Gasteiger charge is 2.27. The number of amidine groups is 1. The SMILES string of the molecule is Cn1ccnc1-c1cccc(Oc2nc(Oc3cc(C(=N)N)ccc3O)c(F)c(Oc3ccc(C(=O)O)cc3O)c2F)c1. The second kappa shape index (κ2) is 11.4. The van der Waals surface area contributed by atoms with Crippen molar-refractivity contribution < 1.29 is 43.1 Å². The number of nitrogens with zero attached hydrogens (tertiary/aromatic N) is 3. The van der Waals surface area contributed by atoms with Crippen molar-refractivity contribution in [3.8, 4) is 57.6 Å². The first kappa shape index (κ1) is 28.4. The molecule has 0 aliphatic rings. The Morgan fingerprint density at radius 2 is 1.63 bits per heavy atom. The van der Waals surface area contributed by atoms with E-state index in [1.165, 1.54) is 18.2 Å². The van der Waals surface area contributed by atoms with Gasteiger partial charge < -0.3 is 39.8 Å². The number of aromatic hydroxyl groups is 2. The molecule has 0 unspecified atom stereocenters. The lowest BCUT2D eigenvalue weighted by Gasteiger charge is -2.16. The number of aromatic nitrogens is 3. The Kier molecular flexibility index (Phi) is 7.49. The maximum Gasteiger partial charge on any atom is 0.335 e. The van der Waals surface area contributed by atoms with E-state index in [1.54, 1.807) is 36.1 Å². The van der Waals surface area contributed by atoms with E-state index < -0.39 is 52.4 Å².